The van der Waals surface area contributed by atoms with Gasteiger partial charge in [0.2, 0.25) is 5.39 Å². The van der Waals surface area contributed by atoms with Crippen molar-refractivity contribution in [3.05, 3.63) is 112 Å². The summed E-state index contributed by atoms with van der Waals surface area (Å²) in [5.41, 5.74) is 1.42. The summed E-state index contributed by atoms with van der Waals surface area (Å²) in [6.45, 7) is 0. The number of diazo groups is 1. The highest BCUT2D eigenvalue weighted by Gasteiger charge is 2.51. The quantitative estimate of drug-likeness (QED) is 0.531. The standard InChI is InChI=1S/C19H14ClN2.ClH/c20-18-14-8-7-13-17(18)19(22-21,15-9-3-1-4-10-15)16-11-5-2-6-12-16;/h1-14H;1H/q+1;/p-1. The average molecular weight is 341 g/mol. The fraction of sp³-hybridized carbons (Fsp3) is 0.0526. The normalized spacial score (nSPS) is 10.4. The first kappa shape index (κ1) is 17.0. The molecule has 0 bridgehead atoms. The maximum atomic E-state index is 10.0. The summed E-state index contributed by atoms with van der Waals surface area (Å²) >= 11 is 6.42. The summed E-state index contributed by atoms with van der Waals surface area (Å²) < 4.78 is 0. The zero-order valence-electron chi connectivity index (χ0n) is 12.2. The van der Waals surface area contributed by atoms with Gasteiger partial charge in [0, 0.05) is 0 Å². The lowest BCUT2D eigenvalue weighted by molar-refractivity contribution is -0.00000444. The van der Waals surface area contributed by atoms with Gasteiger partial charge in [-0.25, -0.2) is 0 Å². The molecule has 2 nitrogen and oxygen atoms in total. The summed E-state index contributed by atoms with van der Waals surface area (Å²) in [5.74, 6) is 0. The Morgan fingerprint density at radius 1 is 0.696 bits per heavy atom. The van der Waals surface area contributed by atoms with Gasteiger partial charge in [0.1, 0.15) is 4.98 Å². The van der Waals surface area contributed by atoms with Crippen LogP contribution in [0.4, 0.5) is 0 Å². The molecule has 0 amide bonds. The van der Waals surface area contributed by atoms with E-state index < -0.39 is 5.54 Å². The van der Waals surface area contributed by atoms with Gasteiger partial charge in [0.15, 0.2) is 0 Å². The first-order chi connectivity index (χ1) is 10.8. The monoisotopic (exact) mass is 340 g/mol. The maximum Gasteiger partial charge on any atom is 0.399 e. The van der Waals surface area contributed by atoms with Crippen LogP contribution in [0.3, 0.4) is 0 Å². The lowest BCUT2D eigenvalue weighted by Crippen LogP contribution is -3.00. The van der Waals surface area contributed by atoms with E-state index in [1.54, 1.807) is 0 Å². The average Bonchev–Trinajstić information content (AvgIpc) is 2.59. The zero-order valence-corrected chi connectivity index (χ0v) is 13.7. The minimum atomic E-state index is -1.04. The van der Waals surface area contributed by atoms with Gasteiger partial charge in [-0.2, -0.15) is 0 Å². The van der Waals surface area contributed by atoms with Gasteiger partial charge in [0.05, 0.1) is 21.7 Å². The van der Waals surface area contributed by atoms with Crippen molar-refractivity contribution in [3.63, 3.8) is 0 Å². The van der Waals surface area contributed by atoms with Gasteiger partial charge in [-0.05, 0) is 36.4 Å². The fourth-order valence-corrected chi connectivity index (χ4v) is 3.03. The maximum absolute atomic E-state index is 10.0. The molecular weight excluding hydrogens is 327 g/mol. The summed E-state index contributed by atoms with van der Waals surface area (Å²) in [6.07, 6.45) is 0. The molecule has 0 spiro atoms. The predicted octanol–water partition coefficient (Wildman–Crippen LogP) is 2.49. The Kier molecular flexibility index (Phi) is 5.39. The van der Waals surface area contributed by atoms with E-state index in [4.69, 9.17) is 11.6 Å². The first-order valence-electron chi connectivity index (χ1n) is 7.01. The summed E-state index contributed by atoms with van der Waals surface area (Å²) in [6, 6.07) is 26.8. The third kappa shape index (κ3) is 2.94. The van der Waals surface area contributed by atoms with Crippen LogP contribution in [0.15, 0.2) is 84.9 Å². The molecular formula is C19H14Cl2N2. The summed E-state index contributed by atoms with van der Waals surface area (Å²) in [7, 11) is 0. The van der Waals surface area contributed by atoms with Crippen LogP contribution in [0.1, 0.15) is 16.7 Å². The highest BCUT2D eigenvalue weighted by atomic mass is 35.5. The van der Waals surface area contributed by atoms with E-state index in [-0.39, 0.29) is 12.4 Å². The van der Waals surface area contributed by atoms with Crippen molar-refractivity contribution in [1.29, 1.82) is 5.39 Å². The van der Waals surface area contributed by atoms with E-state index in [2.05, 4.69) is 4.98 Å². The Hall–Kier alpha value is -2.34. The Bertz CT molecular complexity index is 772. The van der Waals surface area contributed by atoms with Crippen LogP contribution in [0, 0.1) is 5.39 Å². The topological polar surface area (TPSA) is 28.1 Å². The van der Waals surface area contributed by atoms with Crippen LogP contribution in [0.2, 0.25) is 5.02 Å². The number of hydrogen-bond donors (Lipinski definition) is 0. The number of nitrogens with zero attached hydrogens (tertiary/aromatic N) is 2. The second-order valence-electron chi connectivity index (χ2n) is 5.02. The second kappa shape index (κ2) is 7.28. The van der Waals surface area contributed by atoms with Crippen molar-refractivity contribution >= 4 is 11.6 Å². The molecule has 0 saturated heterocycles. The van der Waals surface area contributed by atoms with Crippen molar-refractivity contribution < 1.29 is 12.4 Å². The van der Waals surface area contributed by atoms with Gasteiger partial charge < -0.3 is 12.4 Å². The molecule has 0 atom stereocenters. The molecule has 0 fully saturated rings. The van der Waals surface area contributed by atoms with Crippen LogP contribution < -0.4 is 12.4 Å². The third-order valence-electron chi connectivity index (χ3n) is 3.80. The van der Waals surface area contributed by atoms with Crippen molar-refractivity contribution in [2.75, 3.05) is 0 Å². The second-order valence-corrected chi connectivity index (χ2v) is 5.43. The molecule has 114 valence electrons. The number of halogens is 2. The van der Waals surface area contributed by atoms with Crippen LogP contribution >= 0.6 is 11.6 Å². The van der Waals surface area contributed by atoms with Crippen molar-refractivity contribution in [2.45, 2.75) is 5.54 Å². The zero-order chi connectivity index (χ0) is 15.4. The van der Waals surface area contributed by atoms with Gasteiger partial charge in [-0.3, -0.25) is 0 Å². The van der Waals surface area contributed by atoms with E-state index in [1.807, 2.05) is 84.9 Å². The number of hydrogen-bond acceptors (Lipinski definition) is 1. The molecule has 0 heterocycles. The SMILES string of the molecule is N#[N+]C(c1ccccc1)(c1ccccc1)c1ccccc1Cl.[Cl-]. The molecule has 3 aromatic rings. The van der Waals surface area contributed by atoms with Gasteiger partial charge in [-0.1, -0.05) is 60.1 Å². The molecule has 0 radical (unpaired) electrons. The summed E-state index contributed by atoms with van der Waals surface area (Å²) in [4.78, 5) is 3.81. The Morgan fingerprint density at radius 3 is 1.57 bits per heavy atom. The number of rotatable bonds is 3. The smallest absolute Gasteiger partial charge is 0.399 e. The minimum Gasteiger partial charge on any atom is -1.00 e. The van der Waals surface area contributed by atoms with E-state index in [1.165, 1.54) is 0 Å². The summed E-state index contributed by atoms with van der Waals surface area (Å²) in [5, 5.41) is 10.6. The van der Waals surface area contributed by atoms with Crippen LogP contribution in [0.5, 0.6) is 0 Å². The van der Waals surface area contributed by atoms with Crippen LogP contribution in [-0.4, -0.2) is 0 Å². The molecule has 0 saturated carbocycles. The van der Waals surface area contributed by atoms with Crippen LogP contribution in [0.25, 0.3) is 4.98 Å². The molecule has 0 aliphatic heterocycles. The molecule has 23 heavy (non-hydrogen) atoms. The molecule has 0 aromatic heterocycles. The highest BCUT2D eigenvalue weighted by Crippen LogP contribution is 2.43. The predicted molar refractivity (Wildman–Crippen MR) is 89.3 cm³/mol. The van der Waals surface area contributed by atoms with Crippen molar-refractivity contribution in [3.8, 4) is 0 Å². The van der Waals surface area contributed by atoms with Crippen molar-refractivity contribution in [2.24, 2.45) is 0 Å². The van der Waals surface area contributed by atoms with Crippen LogP contribution in [-0.2, 0) is 5.54 Å². The van der Waals surface area contributed by atoms with E-state index in [9.17, 15) is 5.39 Å². The fourth-order valence-electron chi connectivity index (χ4n) is 2.76. The number of benzene rings is 3. The Morgan fingerprint density at radius 2 is 1.13 bits per heavy atom. The Balaban J connectivity index is 0.00000192. The minimum absolute atomic E-state index is 0. The highest BCUT2D eigenvalue weighted by molar-refractivity contribution is 6.31. The molecule has 3 rings (SSSR count). The van der Waals surface area contributed by atoms with Gasteiger partial charge >= 0.3 is 5.54 Å². The van der Waals surface area contributed by atoms with E-state index >= 15 is 0 Å². The molecule has 0 unspecified atom stereocenters. The Labute approximate surface area is 146 Å². The molecule has 0 aliphatic rings. The lowest BCUT2D eigenvalue weighted by atomic mass is 9.78. The van der Waals surface area contributed by atoms with E-state index in [0.717, 1.165) is 16.7 Å². The lowest BCUT2D eigenvalue weighted by Gasteiger charge is -2.18. The van der Waals surface area contributed by atoms with E-state index in [0.29, 0.717) is 5.02 Å². The molecule has 0 aliphatic carbocycles. The first-order valence-corrected chi connectivity index (χ1v) is 7.39. The molecule has 3 aromatic carbocycles. The third-order valence-corrected chi connectivity index (χ3v) is 4.13. The molecule has 0 N–H and O–H groups in total. The van der Waals surface area contributed by atoms with Gasteiger partial charge in [-0.15, -0.1) is 0 Å². The molecule has 4 heteroatoms. The van der Waals surface area contributed by atoms with Crippen molar-refractivity contribution in [1.82, 2.24) is 0 Å². The van der Waals surface area contributed by atoms with Gasteiger partial charge in [0.25, 0.3) is 0 Å². The largest absolute Gasteiger partial charge is 1.00 e.